The fourth-order valence-electron chi connectivity index (χ4n) is 1.95. The average Bonchev–Trinajstić information content (AvgIpc) is 2.50. The van der Waals surface area contributed by atoms with Crippen LogP contribution in [0.2, 0.25) is 0 Å². The second kappa shape index (κ2) is 6.76. The molecule has 2 aromatic carbocycles. The summed E-state index contributed by atoms with van der Waals surface area (Å²) in [6.45, 7) is 0. The van der Waals surface area contributed by atoms with Gasteiger partial charge >= 0.3 is 0 Å². The summed E-state index contributed by atoms with van der Waals surface area (Å²) in [6, 6.07) is 13.1. The molecule has 4 N–H and O–H groups in total. The van der Waals surface area contributed by atoms with E-state index >= 15 is 0 Å². The second-order valence-electron chi connectivity index (χ2n) is 4.67. The van der Waals surface area contributed by atoms with E-state index in [0.29, 0.717) is 17.9 Å². The number of para-hydroxylation sites is 2. The predicted molar refractivity (Wildman–Crippen MR) is 81.4 cm³/mol. The lowest BCUT2D eigenvalue weighted by Gasteiger charge is -2.14. The van der Waals surface area contributed by atoms with Crippen LogP contribution in [0.3, 0.4) is 0 Å². The van der Waals surface area contributed by atoms with E-state index in [1.54, 1.807) is 43.5 Å². The number of anilines is 1. The molecule has 0 bridgehead atoms. The van der Waals surface area contributed by atoms with Crippen molar-refractivity contribution >= 4 is 11.6 Å². The van der Waals surface area contributed by atoms with Gasteiger partial charge in [-0.05, 0) is 36.2 Å². The van der Waals surface area contributed by atoms with Crippen molar-refractivity contribution in [1.82, 2.24) is 0 Å². The number of hydrogen-bond acceptors (Lipinski definition) is 4. The van der Waals surface area contributed by atoms with Gasteiger partial charge in [-0.1, -0.05) is 24.3 Å². The molecular formula is C16H18N2O3. The molecule has 0 fully saturated rings. The van der Waals surface area contributed by atoms with Gasteiger partial charge in [-0.2, -0.15) is 0 Å². The molecule has 5 heteroatoms. The molecule has 5 nitrogen and oxygen atoms in total. The minimum Gasteiger partial charge on any atom is -0.508 e. The molecule has 0 unspecified atom stereocenters. The molecule has 0 aliphatic carbocycles. The Hall–Kier alpha value is -2.53. The maximum absolute atomic E-state index is 12.1. The van der Waals surface area contributed by atoms with Crippen LogP contribution in [0, 0.1) is 0 Å². The average molecular weight is 286 g/mol. The van der Waals surface area contributed by atoms with Crippen LogP contribution in [-0.2, 0) is 11.2 Å². The normalized spacial score (nSPS) is 11.7. The van der Waals surface area contributed by atoms with Crippen molar-refractivity contribution in [3.05, 3.63) is 54.1 Å². The molecule has 2 aromatic rings. The largest absolute Gasteiger partial charge is 0.508 e. The third-order valence-electron chi connectivity index (χ3n) is 3.09. The molecule has 0 aliphatic heterocycles. The van der Waals surface area contributed by atoms with Gasteiger partial charge in [-0.25, -0.2) is 0 Å². The molecule has 0 aromatic heterocycles. The molecule has 110 valence electrons. The monoisotopic (exact) mass is 286 g/mol. The molecule has 0 aliphatic rings. The number of nitrogens with two attached hydrogens (primary N) is 1. The van der Waals surface area contributed by atoms with Gasteiger partial charge in [0.1, 0.15) is 11.5 Å². The number of carbonyl (C=O) groups is 1. The van der Waals surface area contributed by atoms with Gasteiger partial charge in [0.05, 0.1) is 18.8 Å². The molecule has 1 amide bonds. The minimum atomic E-state index is -0.681. The summed E-state index contributed by atoms with van der Waals surface area (Å²) < 4.78 is 5.17. The number of hydrogen-bond donors (Lipinski definition) is 3. The van der Waals surface area contributed by atoms with Crippen LogP contribution in [0.1, 0.15) is 5.56 Å². The Balaban J connectivity index is 2.01. The first-order valence-corrected chi connectivity index (χ1v) is 6.57. The summed E-state index contributed by atoms with van der Waals surface area (Å²) in [5.41, 5.74) is 7.39. The number of ether oxygens (including phenoxy) is 1. The molecular weight excluding hydrogens is 268 g/mol. The van der Waals surface area contributed by atoms with Crippen molar-refractivity contribution < 1.29 is 14.6 Å². The van der Waals surface area contributed by atoms with E-state index in [1.165, 1.54) is 0 Å². The SMILES string of the molecule is COc1ccccc1NC(=O)[C@@H](N)Cc1ccc(O)cc1. The zero-order chi connectivity index (χ0) is 15.2. The molecule has 0 heterocycles. The van der Waals surface area contributed by atoms with E-state index < -0.39 is 6.04 Å². The summed E-state index contributed by atoms with van der Waals surface area (Å²) in [5.74, 6) is 0.487. The Labute approximate surface area is 123 Å². The number of methoxy groups -OCH3 is 1. The second-order valence-corrected chi connectivity index (χ2v) is 4.67. The fourth-order valence-corrected chi connectivity index (χ4v) is 1.95. The number of rotatable bonds is 5. The summed E-state index contributed by atoms with van der Waals surface area (Å²) in [5, 5.41) is 12.0. The number of phenols is 1. The molecule has 0 saturated carbocycles. The van der Waals surface area contributed by atoms with Gasteiger partial charge in [0.15, 0.2) is 0 Å². The zero-order valence-corrected chi connectivity index (χ0v) is 11.7. The van der Waals surface area contributed by atoms with Crippen molar-refractivity contribution in [3.63, 3.8) is 0 Å². The zero-order valence-electron chi connectivity index (χ0n) is 11.7. The minimum absolute atomic E-state index is 0.186. The first-order valence-electron chi connectivity index (χ1n) is 6.57. The number of nitrogens with one attached hydrogen (secondary N) is 1. The van der Waals surface area contributed by atoms with Crippen LogP contribution in [0.4, 0.5) is 5.69 Å². The van der Waals surface area contributed by atoms with Gasteiger partial charge in [0, 0.05) is 0 Å². The highest BCUT2D eigenvalue weighted by Crippen LogP contribution is 2.23. The molecule has 0 radical (unpaired) electrons. The summed E-state index contributed by atoms with van der Waals surface area (Å²) >= 11 is 0. The lowest BCUT2D eigenvalue weighted by molar-refractivity contribution is -0.117. The third kappa shape index (κ3) is 3.97. The van der Waals surface area contributed by atoms with E-state index in [4.69, 9.17) is 10.5 Å². The van der Waals surface area contributed by atoms with Gasteiger partial charge in [-0.3, -0.25) is 4.79 Å². The Morgan fingerprint density at radius 1 is 1.24 bits per heavy atom. The van der Waals surface area contributed by atoms with Crippen molar-refractivity contribution in [1.29, 1.82) is 0 Å². The number of benzene rings is 2. The quantitative estimate of drug-likeness (QED) is 0.784. The maximum atomic E-state index is 12.1. The van der Waals surface area contributed by atoms with Crippen LogP contribution in [0.15, 0.2) is 48.5 Å². The van der Waals surface area contributed by atoms with Gasteiger partial charge in [0.2, 0.25) is 5.91 Å². The maximum Gasteiger partial charge on any atom is 0.241 e. The number of aromatic hydroxyl groups is 1. The molecule has 0 spiro atoms. The van der Waals surface area contributed by atoms with Crippen LogP contribution in [-0.4, -0.2) is 24.2 Å². The Morgan fingerprint density at radius 3 is 2.57 bits per heavy atom. The Morgan fingerprint density at radius 2 is 1.90 bits per heavy atom. The third-order valence-corrected chi connectivity index (χ3v) is 3.09. The fraction of sp³-hybridized carbons (Fsp3) is 0.188. The summed E-state index contributed by atoms with van der Waals surface area (Å²) in [7, 11) is 1.54. The summed E-state index contributed by atoms with van der Waals surface area (Å²) in [6.07, 6.45) is 0.390. The highest BCUT2D eigenvalue weighted by molar-refractivity contribution is 5.96. The van der Waals surface area contributed by atoms with Crippen molar-refractivity contribution in [3.8, 4) is 11.5 Å². The van der Waals surface area contributed by atoms with Crippen molar-refractivity contribution in [2.45, 2.75) is 12.5 Å². The highest BCUT2D eigenvalue weighted by Gasteiger charge is 2.15. The molecule has 21 heavy (non-hydrogen) atoms. The van der Waals surface area contributed by atoms with Crippen LogP contribution in [0.5, 0.6) is 11.5 Å². The predicted octanol–water partition coefficient (Wildman–Crippen LogP) is 1.91. The first-order chi connectivity index (χ1) is 10.1. The van der Waals surface area contributed by atoms with Crippen LogP contribution >= 0.6 is 0 Å². The smallest absolute Gasteiger partial charge is 0.241 e. The highest BCUT2D eigenvalue weighted by atomic mass is 16.5. The number of phenolic OH excluding ortho intramolecular Hbond substituents is 1. The van der Waals surface area contributed by atoms with Crippen molar-refractivity contribution in [2.24, 2.45) is 5.73 Å². The van der Waals surface area contributed by atoms with Gasteiger partial charge < -0.3 is 20.9 Å². The van der Waals surface area contributed by atoms with Crippen molar-refractivity contribution in [2.75, 3.05) is 12.4 Å². The van der Waals surface area contributed by atoms with E-state index in [2.05, 4.69) is 5.32 Å². The first kappa shape index (κ1) is 14.9. The lowest BCUT2D eigenvalue weighted by atomic mass is 10.1. The lowest BCUT2D eigenvalue weighted by Crippen LogP contribution is -2.37. The number of carbonyl (C=O) groups excluding carboxylic acids is 1. The van der Waals surface area contributed by atoms with Gasteiger partial charge in [-0.15, -0.1) is 0 Å². The van der Waals surface area contributed by atoms with Crippen LogP contribution < -0.4 is 15.8 Å². The standard InChI is InChI=1S/C16H18N2O3/c1-21-15-5-3-2-4-14(15)18-16(20)13(17)10-11-6-8-12(19)9-7-11/h2-9,13,19H,10,17H2,1H3,(H,18,20)/t13-/m0/s1. The topological polar surface area (TPSA) is 84.6 Å². The van der Waals surface area contributed by atoms with Crippen LogP contribution in [0.25, 0.3) is 0 Å². The van der Waals surface area contributed by atoms with Gasteiger partial charge in [0.25, 0.3) is 0 Å². The van der Waals surface area contributed by atoms with E-state index in [-0.39, 0.29) is 11.7 Å². The summed E-state index contributed by atoms with van der Waals surface area (Å²) in [4.78, 5) is 12.1. The molecule has 2 rings (SSSR count). The Bertz CT molecular complexity index is 611. The van der Waals surface area contributed by atoms with E-state index in [1.807, 2.05) is 12.1 Å². The molecule has 0 saturated heterocycles. The van der Waals surface area contributed by atoms with E-state index in [0.717, 1.165) is 5.56 Å². The van der Waals surface area contributed by atoms with E-state index in [9.17, 15) is 9.90 Å². The Kier molecular flexibility index (Phi) is 4.79. The number of amides is 1. The molecule has 1 atom stereocenters.